The van der Waals surface area contributed by atoms with Gasteiger partial charge in [0.1, 0.15) is 11.5 Å². The van der Waals surface area contributed by atoms with Gasteiger partial charge in [-0.25, -0.2) is 9.97 Å². The molecule has 4 aromatic rings. The number of fused-ring (bicyclic) bond motifs is 1. The van der Waals surface area contributed by atoms with Gasteiger partial charge in [-0.2, -0.15) is 9.50 Å². The van der Waals surface area contributed by atoms with Gasteiger partial charge in [0.05, 0.1) is 11.4 Å². The minimum atomic E-state index is 0.441. The van der Waals surface area contributed by atoms with Gasteiger partial charge in [-0.1, -0.05) is 17.7 Å². The van der Waals surface area contributed by atoms with Crippen molar-refractivity contribution in [3.63, 3.8) is 0 Å². The van der Waals surface area contributed by atoms with Gasteiger partial charge in [0, 0.05) is 16.9 Å². The van der Waals surface area contributed by atoms with Crippen molar-refractivity contribution in [2.75, 3.05) is 5.32 Å². The lowest BCUT2D eigenvalue weighted by atomic mass is 10.2. The van der Waals surface area contributed by atoms with E-state index < -0.39 is 0 Å². The van der Waals surface area contributed by atoms with E-state index in [0.29, 0.717) is 34.0 Å². The molecule has 0 saturated heterocycles. The molecule has 0 spiro atoms. The standard InChI is InChI=1S/C16H13ClN8/c1-9-14(22-23-16-19-10(2)24-25(9)16)13-6-7-18-15(21-13)20-12-5-3-4-11(17)8-12/h3-8H,1-2H3,(H,18,20,21). The number of nitrogens with zero attached hydrogens (tertiary/aromatic N) is 7. The predicted molar refractivity (Wildman–Crippen MR) is 93.8 cm³/mol. The monoisotopic (exact) mass is 352 g/mol. The van der Waals surface area contributed by atoms with E-state index >= 15 is 0 Å². The Labute approximate surface area is 148 Å². The van der Waals surface area contributed by atoms with Crippen LogP contribution in [-0.2, 0) is 0 Å². The summed E-state index contributed by atoms with van der Waals surface area (Å²) in [6.45, 7) is 3.71. The quantitative estimate of drug-likeness (QED) is 0.605. The van der Waals surface area contributed by atoms with Crippen LogP contribution in [0, 0.1) is 13.8 Å². The van der Waals surface area contributed by atoms with Gasteiger partial charge in [-0.05, 0) is 38.1 Å². The number of aryl methyl sites for hydroxylation is 2. The van der Waals surface area contributed by atoms with Crippen LogP contribution in [0.3, 0.4) is 0 Å². The fraction of sp³-hybridized carbons (Fsp3) is 0.125. The summed E-state index contributed by atoms with van der Waals surface area (Å²) in [7, 11) is 0. The highest BCUT2D eigenvalue weighted by atomic mass is 35.5. The molecular formula is C16H13ClN8. The van der Waals surface area contributed by atoms with Crippen molar-refractivity contribution in [3.05, 3.63) is 53.1 Å². The van der Waals surface area contributed by atoms with Gasteiger partial charge >= 0.3 is 0 Å². The van der Waals surface area contributed by atoms with Crippen molar-refractivity contribution in [2.24, 2.45) is 0 Å². The van der Waals surface area contributed by atoms with Crippen LogP contribution in [0.1, 0.15) is 11.5 Å². The number of hydrogen-bond donors (Lipinski definition) is 1. The maximum atomic E-state index is 6.00. The topological polar surface area (TPSA) is 93.8 Å². The van der Waals surface area contributed by atoms with E-state index in [1.165, 1.54) is 0 Å². The Hall–Kier alpha value is -3.13. The van der Waals surface area contributed by atoms with E-state index in [1.54, 1.807) is 28.9 Å². The zero-order chi connectivity index (χ0) is 17.4. The maximum Gasteiger partial charge on any atom is 0.272 e. The molecule has 3 heterocycles. The highest BCUT2D eigenvalue weighted by Gasteiger charge is 2.13. The first-order chi connectivity index (χ1) is 12.1. The molecule has 0 aliphatic heterocycles. The summed E-state index contributed by atoms with van der Waals surface area (Å²) in [4.78, 5) is 13.0. The summed E-state index contributed by atoms with van der Waals surface area (Å²) in [5, 5.41) is 16.4. The van der Waals surface area contributed by atoms with E-state index in [4.69, 9.17) is 11.6 Å². The Kier molecular flexibility index (Phi) is 3.73. The minimum Gasteiger partial charge on any atom is -0.324 e. The predicted octanol–water partition coefficient (Wildman–Crippen LogP) is 2.99. The van der Waals surface area contributed by atoms with Crippen molar-refractivity contribution in [1.82, 2.24) is 34.8 Å². The van der Waals surface area contributed by atoms with Crippen molar-refractivity contribution in [2.45, 2.75) is 13.8 Å². The summed E-state index contributed by atoms with van der Waals surface area (Å²) >= 11 is 6.00. The zero-order valence-corrected chi connectivity index (χ0v) is 14.2. The highest BCUT2D eigenvalue weighted by Crippen LogP contribution is 2.21. The lowest BCUT2D eigenvalue weighted by Gasteiger charge is -2.08. The molecule has 8 nitrogen and oxygen atoms in total. The lowest BCUT2D eigenvalue weighted by Crippen LogP contribution is -2.05. The summed E-state index contributed by atoms with van der Waals surface area (Å²) in [5.74, 6) is 1.54. The SMILES string of the molecule is Cc1nc2nnc(-c3ccnc(Nc4cccc(Cl)c4)n3)c(C)n2n1. The van der Waals surface area contributed by atoms with Crippen molar-refractivity contribution < 1.29 is 0 Å². The Morgan fingerprint density at radius 3 is 2.80 bits per heavy atom. The molecule has 124 valence electrons. The Balaban J connectivity index is 1.73. The third kappa shape index (κ3) is 2.99. The van der Waals surface area contributed by atoms with E-state index in [-0.39, 0.29) is 0 Å². The van der Waals surface area contributed by atoms with E-state index in [0.717, 1.165) is 11.4 Å². The number of hydrogen-bond acceptors (Lipinski definition) is 7. The molecule has 25 heavy (non-hydrogen) atoms. The highest BCUT2D eigenvalue weighted by molar-refractivity contribution is 6.30. The normalized spacial score (nSPS) is 11.0. The molecule has 0 amide bonds. The molecular weight excluding hydrogens is 340 g/mol. The molecule has 1 N–H and O–H groups in total. The molecule has 0 atom stereocenters. The third-order valence-corrected chi connectivity index (χ3v) is 3.81. The van der Waals surface area contributed by atoms with Crippen LogP contribution in [0.2, 0.25) is 5.02 Å². The Bertz CT molecular complexity index is 1070. The second-order valence-electron chi connectivity index (χ2n) is 5.41. The van der Waals surface area contributed by atoms with Gasteiger partial charge < -0.3 is 5.32 Å². The summed E-state index contributed by atoms with van der Waals surface area (Å²) < 4.78 is 1.66. The number of nitrogens with one attached hydrogen (secondary N) is 1. The van der Waals surface area contributed by atoms with E-state index in [9.17, 15) is 0 Å². The van der Waals surface area contributed by atoms with Crippen LogP contribution < -0.4 is 5.32 Å². The van der Waals surface area contributed by atoms with Crippen LogP contribution in [0.4, 0.5) is 11.6 Å². The average Bonchev–Trinajstić information content (AvgIpc) is 2.97. The van der Waals surface area contributed by atoms with Crippen LogP contribution in [0.5, 0.6) is 0 Å². The summed E-state index contributed by atoms with van der Waals surface area (Å²) in [5.41, 5.74) is 2.86. The molecule has 0 saturated carbocycles. The largest absolute Gasteiger partial charge is 0.324 e. The Morgan fingerprint density at radius 1 is 1.08 bits per heavy atom. The smallest absolute Gasteiger partial charge is 0.272 e. The lowest BCUT2D eigenvalue weighted by molar-refractivity contribution is 0.841. The molecule has 4 rings (SSSR count). The molecule has 0 fully saturated rings. The molecule has 1 aromatic carbocycles. The second-order valence-corrected chi connectivity index (χ2v) is 5.84. The summed E-state index contributed by atoms with van der Waals surface area (Å²) in [6, 6.07) is 9.11. The average molecular weight is 353 g/mol. The van der Waals surface area contributed by atoms with Gasteiger partial charge in [0.15, 0.2) is 0 Å². The molecule has 3 aromatic heterocycles. The maximum absolute atomic E-state index is 6.00. The van der Waals surface area contributed by atoms with Crippen LogP contribution in [0.25, 0.3) is 17.2 Å². The molecule has 0 aliphatic rings. The van der Waals surface area contributed by atoms with Crippen LogP contribution in [-0.4, -0.2) is 34.8 Å². The molecule has 0 unspecified atom stereocenters. The minimum absolute atomic E-state index is 0.441. The number of benzene rings is 1. The first-order valence-electron chi connectivity index (χ1n) is 7.53. The number of rotatable bonds is 3. The zero-order valence-electron chi connectivity index (χ0n) is 13.5. The molecule has 0 radical (unpaired) electrons. The first kappa shape index (κ1) is 15.4. The number of anilines is 2. The van der Waals surface area contributed by atoms with E-state index in [1.807, 2.05) is 26.0 Å². The van der Waals surface area contributed by atoms with Crippen molar-refractivity contribution in [3.8, 4) is 11.4 Å². The summed E-state index contributed by atoms with van der Waals surface area (Å²) in [6.07, 6.45) is 1.66. The van der Waals surface area contributed by atoms with Gasteiger partial charge in [0.25, 0.3) is 5.78 Å². The fourth-order valence-electron chi connectivity index (χ4n) is 2.44. The second kappa shape index (κ2) is 6.06. The van der Waals surface area contributed by atoms with Crippen LogP contribution >= 0.6 is 11.6 Å². The number of aromatic nitrogens is 7. The number of halogens is 1. The van der Waals surface area contributed by atoms with Gasteiger partial charge in [-0.15, -0.1) is 15.3 Å². The van der Waals surface area contributed by atoms with Gasteiger partial charge in [-0.3, -0.25) is 0 Å². The molecule has 0 bridgehead atoms. The van der Waals surface area contributed by atoms with Crippen molar-refractivity contribution in [1.29, 1.82) is 0 Å². The molecule has 9 heteroatoms. The van der Waals surface area contributed by atoms with Crippen LogP contribution in [0.15, 0.2) is 36.5 Å². The third-order valence-electron chi connectivity index (χ3n) is 3.57. The van der Waals surface area contributed by atoms with Crippen molar-refractivity contribution >= 4 is 29.0 Å². The van der Waals surface area contributed by atoms with Gasteiger partial charge in [0.2, 0.25) is 5.95 Å². The fourth-order valence-corrected chi connectivity index (χ4v) is 2.63. The molecule has 0 aliphatic carbocycles. The van der Waals surface area contributed by atoms with E-state index in [2.05, 4.69) is 35.6 Å². The first-order valence-corrected chi connectivity index (χ1v) is 7.90. The Morgan fingerprint density at radius 2 is 1.96 bits per heavy atom.